The van der Waals surface area contributed by atoms with Gasteiger partial charge in [-0.15, -0.1) is 0 Å². The second-order valence-electron chi connectivity index (χ2n) is 2.86. The van der Waals surface area contributed by atoms with Gasteiger partial charge in [-0.2, -0.15) is 0 Å². The molecule has 1 aromatic heterocycles. The van der Waals surface area contributed by atoms with Gasteiger partial charge in [0.05, 0.1) is 4.90 Å². The van der Waals surface area contributed by atoms with Gasteiger partial charge in [0.25, 0.3) is 0 Å². The van der Waals surface area contributed by atoms with Gasteiger partial charge < -0.3 is 0 Å². The van der Waals surface area contributed by atoms with Gasteiger partial charge in [-0.1, -0.05) is 19.9 Å². The summed E-state index contributed by atoms with van der Waals surface area (Å²) in [6, 6.07) is 7.62. The molecule has 0 amide bonds. The number of hydrogen-bond donors (Lipinski definition) is 1. The summed E-state index contributed by atoms with van der Waals surface area (Å²) in [6.07, 6.45) is 3.52. The summed E-state index contributed by atoms with van der Waals surface area (Å²) in [6.45, 7) is 4.00. The van der Waals surface area contributed by atoms with Crippen LogP contribution in [0, 0.1) is 0 Å². The molecule has 1 N–H and O–H groups in total. The quantitative estimate of drug-likeness (QED) is 0.870. The third kappa shape index (κ3) is 2.87. The molecule has 0 saturated heterocycles. The molecule has 0 radical (unpaired) electrons. The SMILES string of the molecule is CC.CNS(=O)c1ccc2ccncc2c1. The molecule has 2 rings (SSSR count). The molecule has 0 saturated carbocycles. The van der Waals surface area contributed by atoms with Crippen molar-refractivity contribution in [3.8, 4) is 0 Å². The van der Waals surface area contributed by atoms with E-state index in [0.717, 1.165) is 15.7 Å². The van der Waals surface area contributed by atoms with Gasteiger partial charge in [0.1, 0.15) is 11.0 Å². The van der Waals surface area contributed by atoms with Crippen LogP contribution < -0.4 is 4.72 Å². The van der Waals surface area contributed by atoms with Gasteiger partial charge in [-0.05, 0) is 30.6 Å². The Morgan fingerprint density at radius 3 is 2.62 bits per heavy atom. The van der Waals surface area contributed by atoms with Crippen LogP contribution in [0.25, 0.3) is 10.8 Å². The van der Waals surface area contributed by atoms with Crippen LogP contribution in [0.3, 0.4) is 0 Å². The smallest absolute Gasteiger partial charge is 0.124 e. The molecule has 0 bridgehead atoms. The van der Waals surface area contributed by atoms with Crippen molar-refractivity contribution in [3.05, 3.63) is 36.7 Å². The first-order valence-electron chi connectivity index (χ1n) is 5.24. The summed E-state index contributed by atoms with van der Waals surface area (Å²) < 4.78 is 14.1. The molecule has 4 heteroatoms. The van der Waals surface area contributed by atoms with Gasteiger partial charge in [-0.3, -0.25) is 4.98 Å². The van der Waals surface area contributed by atoms with Crippen LogP contribution in [0.1, 0.15) is 13.8 Å². The number of aromatic nitrogens is 1. The Balaban J connectivity index is 0.000000606. The van der Waals surface area contributed by atoms with Gasteiger partial charge in [-0.25, -0.2) is 8.93 Å². The normalized spacial score (nSPS) is 11.7. The minimum absolute atomic E-state index is 0.771. The number of nitrogens with one attached hydrogen (secondary N) is 1. The molecule has 2 aromatic rings. The molecule has 86 valence electrons. The highest BCUT2D eigenvalue weighted by Gasteiger charge is 2.01. The van der Waals surface area contributed by atoms with E-state index < -0.39 is 11.0 Å². The van der Waals surface area contributed by atoms with Crippen LogP contribution in [0.15, 0.2) is 41.6 Å². The van der Waals surface area contributed by atoms with E-state index in [-0.39, 0.29) is 0 Å². The van der Waals surface area contributed by atoms with Crippen molar-refractivity contribution in [2.45, 2.75) is 18.7 Å². The molecule has 1 unspecified atom stereocenters. The lowest BCUT2D eigenvalue weighted by Gasteiger charge is -2.01. The fourth-order valence-electron chi connectivity index (χ4n) is 1.30. The van der Waals surface area contributed by atoms with Crippen LogP contribution in [-0.4, -0.2) is 16.2 Å². The lowest BCUT2D eigenvalue weighted by atomic mass is 10.2. The van der Waals surface area contributed by atoms with Crippen molar-refractivity contribution < 1.29 is 4.21 Å². The third-order valence-electron chi connectivity index (χ3n) is 2.01. The van der Waals surface area contributed by atoms with E-state index in [4.69, 9.17) is 0 Å². The van der Waals surface area contributed by atoms with Crippen molar-refractivity contribution in [2.24, 2.45) is 0 Å². The van der Waals surface area contributed by atoms with Crippen LogP contribution in [0.2, 0.25) is 0 Å². The van der Waals surface area contributed by atoms with E-state index >= 15 is 0 Å². The Morgan fingerprint density at radius 2 is 1.94 bits per heavy atom. The lowest BCUT2D eigenvalue weighted by Crippen LogP contribution is -2.10. The molecular weight excluding hydrogens is 220 g/mol. The molecule has 0 spiro atoms. The monoisotopic (exact) mass is 236 g/mol. The van der Waals surface area contributed by atoms with E-state index in [1.807, 2.05) is 38.1 Å². The first-order valence-corrected chi connectivity index (χ1v) is 6.39. The van der Waals surface area contributed by atoms with E-state index in [0.29, 0.717) is 0 Å². The van der Waals surface area contributed by atoms with Gasteiger partial charge >= 0.3 is 0 Å². The highest BCUT2D eigenvalue weighted by molar-refractivity contribution is 7.83. The predicted molar refractivity (Wildman–Crippen MR) is 68.6 cm³/mol. The lowest BCUT2D eigenvalue weighted by molar-refractivity contribution is 0.678. The number of rotatable bonds is 2. The first kappa shape index (κ1) is 12.8. The summed E-state index contributed by atoms with van der Waals surface area (Å²) in [5.74, 6) is 0. The summed E-state index contributed by atoms with van der Waals surface area (Å²) in [4.78, 5) is 4.79. The van der Waals surface area contributed by atoms with Crippen LogP contribution in [0.5, 0.6) is 0 Å². The molecule has 0 aliphatic heterocycles. The maximum Gasteiger partial charge on any atom is 0.124 e. The van der Waals surface area contributed by atoms with Crippen molar-refractivity contribution in [3.63, 3.8) is 0 Å². The zero-order chi connectivity index (χ0) is 12.0. The van der Waals surface area contributed by atoms with Crippen molar-refractivity contribution >= 4 is 21.8 Å². The van der Waals surface area contributed by atoms with E-state index in [1.54, 1.807) is 19.4 Å². The average molecular weight is 236 g/mol. The van der Waals surface area contributed by atoms with Crippen LogP contribution in [0.4, 0.5) is 0 Å². The Kier molecular flexibility index (Phi) is 5.08. The predicted octanol–water partition coefficient (Wildman–Crippen LogP) is 2.50. The molecule has 0 fully saturated rings. The van der Waals surface area contributed by atoms with E-state index in [9.17, 15) is 4.21 Å². The maximum atomic E-state index is 11.4. The highest BCUT2D eigenvalue weighted by atomic mass is 32.2. The van der Waals surface area contributed by atoms with Gasteiger partial charge in [0, 0.05) is 17.8 Å². The third-order valence-corrected chi connectivity index (χ3v) is 3.06. The summed E-state index contributed by atoms with van der Waals surface area (Å²) in [5.41, 5.74) is 0. The number of hydrogen-bond acceptors (Lipinski definition) is 2. The molecule has 16 heavy (non-hydrogen) atoms. The zero-order valence-electron chi connectivity index (χ0n) is 9.73. The zero-order valence-corrected chi connectivity index (χ0v) is 10.5. The van der Waals surface area contributed by atoms with Gasteiger partial charge in [0.2, 0.25) is 0 Å². The first-order chi connectivity index (χ1) is 7.81. The molecule has 1 heterocycles. The Hall–Kier alpha value is -1.26. The molecular formula is C12H16N2OS. The minimum Gasteiger partial charge on any atom is -0.264 e. The molecule has 0 aliphatic carbocycles. The maximum absolute atomic E-state index is 11.4. The Morgan fingerprint density at radius 1 is 1.19 bits per heavy atom. The fourth-order valence-corrected chi connectivity index (χ4v) is 1.96. The van der Waals surface area contributed by atoms with Crippen LogP contribution >= 0.6 is 0 Å². The van der Waals surface area contributed by atoms with Crippen molar-refractivity contribution in [1.29, 1.82) is 0 Å². The molecule has 0 aliphatic rings. The average Bonchev–Trinajstić information content (AvgIpc) is 2.39. The Bertz CT molecular complexity index is 485. The van der Waals surface area contributed by atoms with Crippen molar-refractivity contribution in [2.75, 3.05) is 7.05 Å². The van der Waals surface area contributed by atoms with Crippen molar-refractivity contribution in [1.82, 2.24) is 9.71 Å². The van der Waals surface area contributed by atoms with E-state index in [1.165, 1.54) is 0 Å². The Labute approximate surface area is 98.5 Å². The fraction of sp³-hybridized carbons (Fsp3) is 0.250. The summed E-state index contributed by atoms with van der Waals surface area (Å²) >= 11 is 0. The number of fused-ring (bicyclic) bond motifs is 1. The number of pyridine rings is 1. The highest BCUT2D eigenvalue weighted by Crippen LogP contribution is 2.15. The summed E-state index contributed by atoms with van der Waals surface area (Å²) in [5, 5.41) is 2.12. The number of benzene rings is 1. The minimum atomic E-state index is -1.12. The topological polar surface area (TPSA) is 42.0 Å². The second kappa shape index (κ2) is 6.35. The number of nitrogens with zero attached hydrogens (tertiary/aromatic N) is 1. The van der Waals surface area contributed by atoms with Gasteiger partial charge in [0.15, 0.2) is 0 Å². The second-order valence-corrected chi connectivity index (χ2v) is 4.27. The largest absolute Gasteiger partial charge is 0.264 e. The van der Waals surface area contributed by atoms with Crippen LogP contribution in [-0.2, 0) is 11.0 Å². The molecule has 1 atom stereocenters. The standard InChI is InChI=1S/C10H10N2OS.C2H6/c1-11-14(13)10-3-2-8-4-5-12-7-9(8)6-10;1-2/h2-7,11H,1H3;1-2H3. The molecule has 1 aromatic carbocycles. The molecule has 3 nitrogen and oxygen atoms in total. The summed E-state index contributed by atoms with van der Waals surface area (Å²) in [7, 11) is 0.546. The van der Waals surface area contributed by atoms with E-state index in [2.05, 4.69) is 9.71 Å².